The minimum Gasteiger partial charge on any atom is -0.340 e. The maximum absolute atomic E-state index is 4.50. The molecule has 0 radical (unpaired) electrons. The molecule has 0 amide bonds. The average molecular weight is 418 g/mol. The number of rotatable bonds is 3. The first-order chi connectivity index (χ1) is 8.54. The fourth-order valence-electron chi connectivity index (χ4n) is 1.44. The van der Waals surface area contributed by atoms with Crippen LogP contribution in [0.4, 0.5) is 11.5 Å². The van der Waals surface area contributed by atoms with Crippen molar-refractivity contribution in [1.29, 1.82) is 0 Å². The lowest BCUT2D eigenvalue weighted by molar-refractivity contribution is 0.771. The van der Waals surface area contributed by atoms with Crippen molar-refractivity contribution in [1.82, 2.24) is 9.97 Å². The topological polar surface area (TPSA) is 37.8 Å². The SMILES string of the molecule is CC(C)c1nc(Br)cc(Nc2ccc(I)cc2)n1. The fourth-order valence-corrected chi connectivity index (χ4v) is 2.20. The third-order valence-corrected chi connectivity index (χ3v) is 3.47. The smallest absolute Gasteiger partial charge is 0.135 e. The van der Waals surface area contributed by atoms with Crippen LogP contribution in [0.5, 0.6) is 0 Å². The Morgan fingerprint density at radius 3 is 2.44 bits per heavy atom. The van der Waals surface area contributed by atoms with Crippen LogP contribution in [-0.2, 0) is 0 Å². The monoisotopic (exact) mass is 417 g/mol. The van der Waals surface area contributed by atoms with E-state index in [1.807, 2.05) is 18.2 Å². The second-order valence-electron chi connectivity index (χ2n) is 4.22. The van der Waals surface area contributed by atoms with Crippen LogP contribution in [0.1, 0.15) is 25.6 Å². The van der Waals surface area contributed by atoms with E-state index in [-0.39, 0.29) is 0 Å². The van der Waals surface area contributed by atoms with Crippen LogP contribution in [0.2, 0.25) is 0 Å². The van der Waals surface area contributed by atoms with Crippen molar-refractivity contribution < 1.29 is 0 Å². The molecular formula is C13H13BrIN3. The molecule has 2 aromatic rings. The maximum Gasteiger partial charge on any atom is 0.135 e. The van der Waals surface area contributed by atoms with Crippen molar-refractivity contribution in [2.45, 2.75) is 19.8 Å². The first-order valence-electron chi connectivity index (χ1n) is 5.61. The summed E-state index contributed by atoms with van der Waals surface area (Å²) in [5, 5.41) is 3.28. The van der Waals surface area contributed by atoms with Crippen molar-refractivity contribution >= 4 is 50.0 Å². The lowest BCUT2D eigenvalue weighted by Gasteiger charge is -2.09. The third kappa shape index (κ3) is 3.65. The Hall–Kier alpha value is -0.690. The molecule has 0 aliphatic heterocycles. The predicted molar refractivity (Wildman–Crippen MR) is 86.3 cm³/mol. The molecule has 1 N–H and O–H groups in total. The molecule has 0 bridgehead atoms. The maximum atomic E-state index is 4.50. The highest BCUT2D eigenvalue weighted by molar-refractivity contribution is 14.1. The Morgan fingerprint density at radius 1 is 1.17 bits per heavy atom. The van der Waals surface area contributed by atoms with Crippen LogP contribution in [0.3, 0.4) is 0 Å². The van der Waals surface area contributed by atoms with Crippen molar-refractivity contribution in [3.8, 4) is 0 Å². The Balaban J connectivity index is 2.26. The summed E-state index contributed by atoms with van der Waals surface area (Å²) >= 11 is 5.70. The molecule has 0 aliphatic carbocycles. The Bertz CT molecular complexity index is 540. The van der Waals surface area contributed by atoms with Gasteiger partial charge in [0, 0.05) is 21.2 Å². The molecule has 1 aromatic heterocycles. The minimum atomic E-state index is 0.305. The summed E-state index contributed by atoms with van der Waals surface area (Å²) < 4.78 is 2.01. The molecule has 18 heavy (non-hydrogen) atoms. The van der Waals surface area contributed by atoms with E-state index in [4.69, 9.17) is 0 Å². The van der Waals surface area contributed by atoms with E-state index >= 15 is 0 Å². The number of nitrogens with zero attached hydrogens (tertiary/aromatic N) is 2. The van der Waals surface area contributed by atoms with Crippen molar-refractivity contribution in [2.75, 3.05) is 5.32 Å². The quantitative estimate of drug-likeness (QED) is 0.580. The summed E-state index contributed by atoms with van der Waals surface area (Å²) in [7, 11) is 0. The number of halogens is 2. The van der Waals surface area contributed by atoms with Gasteiger partial charge in [0.25, 0.3) is 0 Å². The molecule has 0 saturated carbocycles. The molecule has 3 nitrogen and oxygen atoms in total. The number of anilines is 2. The normalized spacial score (nSPS) is 10.7. The molecule has 1 aromatic carbocycles. The van der Waals surface area contributed by atoms with E-state index in [0.717, 1.165) is 21.9 Å². The summed E-state index contributed by atoms with van der Waals surface area (Å²) in [5.41, 5.74) is 1.02. The van der Waals surface area contributed by atoms with Gasteiger partial charge in [0.1, 0.15) is 16.2 Å². The molecule has 94 valence electrons. The zero-order valence-corrected chi connectivity index (χ0v) is 13.9. The van der Waals surface area contributed by atoms with Gasteiger partial charge in [0.05, 0.1) is 0 Å². The largest absolute Gasteiger partial charge is 0.340 e. The van der Waals surface area contributed by atoms with Gasteiger partial charge in [-0.05, 0) is 62.8 Å². The standard InChI is InChI=1S/C13H13BrIN3/c1-8(2)13-17-11(14)7-12(18-13)16-10-5-3-9(15)4-6-10/h3-8H,1-2H3,(H,16,17,18). The summed E-state index contributed by atoms with van der Waals surface area (Å²) in [4.78, 5) is 8.85. The Morgan fingerprint density at radius 2 is 1.83 bits per heavy atom. The van der Waals surface area contributed by atoms with E-state index in [1.54, 1.807) is 0 Å². The molecule has 0 unspecified atom stereocenters. The van der Waals surface area contributed by atoms with Crippen LogP contribution in [0, 0.1) is 3.57 Å². The van der Waals surface area contributed by atoms with Crippen LogP contribution < -0.4 is 5.32 Å². The third-order valence-electron chi connectivity index (χ3n) is 2.35. The van der Waals surface area contributed by atoms with Crippen LogP contribution >= 0.6 is 38.5 Å². The van der Waals surface area contributed by atoms with Crippen molar-refractivity contribution in [2.24, 2.45) is 0 Å². The van der Waals surface area contributed by atoms with E-state index < -0.39 is 0 Å². The lowest BCUT2D eigenvalue weighted by Crippen LogP contribution is -2.02. The minimum absolute atomic E-state index is 0.305. The van der Waals surface area contributed by atoms with Crippen molar-refractivity contribution in [3.63, 3.8) is 0 Å². The highest BCUT2D eigenvalue weighted by atomic mass is 127. The Labute approximate surface area is 129 Å². The van der Waals surface area contributed by atoms with Crippen LogP contribution in [-0.4, -0.2) is 9.97 Å². The highest BCUT2D eigenvalue weighted by Crippen LogP contribution is 2.21. The summed E-state index contributed by atoms with van der Waals surface area (Å²) in [6.07, 6.45) is 0. The van der Waals surface area contributed by atoms with Gasteiger partial charge in [-0.15, -0.1) is 0 Å². The Kier molecular flexibility index (Phi) is 4.55. The second-order valence-corrected chi connectivity index (χ2v) is 6.28. The van der Waals surface area contributed by atoms with Crippen molar-refractivity contribution in [3.05, 3.63) is 44.3 Å². The highest BCUT2D eigenvalue weighted by Gasteiger charge is 2.06. The zero-order valence-electron chi connectivity index (χ0n) is 10.1. The van der Waals surface area contributed by atoms with E-state index in [1.165, 1.54) is 3.57 Å². The summed E-state index contributed by atoms with van der Waals surface area (Å²) in [6, 6.07) is 10.1. The van der Waals surface area contributed by atoms with Gasteiger partial charge in [-0.1, -0.05) is 13.8 Å². The molecule has 1 heterocycles. The number of hydrogen-bond acceptors (Lipinski definition) is 3. The average Bonchev–Trinajstić information content (AvgIpc) is 2.31. The zero-order chi connectivity index (χ0) is 13.1. The molecule has 0 saturated heterocycles. The number of benzene rings is 1. The molecular weight excluding hydrogens is 405 g/mol. The molecule has 0 spiro atoms. The van der Waals surface area contributed by atoms with Crippen LogP contribution in [0.15, 0.2) is 34.9 Å². The summed E-state index contributed by atoms with van der Waals surface area (Å²) in [5.74, 6) is 1.94. The molecule has 2 rings (SSSR count). The lowest BCUT2D eigenvalue weighted by atomic mass is 10.2. The van der Waals surface area contributed by atoms with Gasteiger partial charge in [0.15, 0.2) is 0 Å². The number of nitrogens with one attached hydrogen (secondary N) is 1. The van der Waals surface area contributed by atoms with E-state index in [0.29, 0.717) is 5.92 Å². The van der Waals surface area contributed by atoms with Crippen LogP contribution in [0.25, 0.3) is 0 Å². The van der Waals surface area contributed by atoms with Gasteiger partial charge < -0.3 is 5.32 Å². The number of aromatic nitrogens is 2. The first kappa shape index (κ1) is 13.7. The molecule has 0 aliphatic rings. The van der Waals surface area contributed by atoms with Gasteiger partial charge in [-0.25, -0.2) is 9.97 Å². The van der Waals surface area contributed by atoms with Gasteiger partial charge >= 0.3 is 0 Å². The molecule has 0 atom stereocenters. The second kappa shape index (κ2) is 5.97. The first-order valence-corrected chi connectivity index (χ1v) is 7.49. The van der Waals surface area contributed by atoms with Gasteiger partial charge in [0.2, 0.25) is 0 Å². The number of hydrogen-bond donors (Lipinski definition) is 1. The van der Waals surface area contributed by atoms with E-state index in [2.05, 4.69) is 79.8 Å². The fraction of sp³-hybridized carbons (Fsp3) is 0.231. The molecule has 0 fully saturated rings. The molecule has 5 heteroatoms. The predicted octanol–water partition coefficient (Wildman–Crippen LogP) is 4.71. The van der Waals surface area contributed by atoms with Gasteiger partial charge in [-0.2, -0.15) is 0 Å². The van der Waals surface area contributed by atoms with E-state index in [9.17, 15) is 0 Å². The van der Waals surface area contributed by atoms with Gasteiger partial charge in [-0.3, -0.25) is 0 Å². The summed E-state index contributed by atoms with van der Waals surface area (Å²) in [6.45, 7) is 4.16.